The van der Waals surface area contributed by atoms with E-state index in [1.807, 2.05) is 60.7 Å². The van der Waals surface area contributed by atoms with Crippen molar-refractivity contribution in [2.75, 3.05) is 5.32 Å². The Balaban J connectivity index is 1.62. The molecule has 146 valence electrons. The van der Waals surface area contributed by atoms with Crippen LogP contribution < -0.4 is 5.32 Å². The molecule has 1 heterocycles. The van der Waals surface area contributed by atoms with Crippen LogP contribution in [0.15, 0.2) is 84.9 Å². The van der Waals surface area contributed by atoms with Crippen LogP contribution in [0.2, 0.25) is 0 Å². The second-order valence-electron chi connectivity index (χ2n) is 7.22. The lowest BCUT2D eigenvalue weighted by atomic mass is 10.1. The first-order valence-corrected chi connectivity index (χ1v) is 9.72. The molecule has 0 saturated carbocycles. The molecule has 5 rings (SSSR count). The third-order valence-corrected chi connectivity index (χ3v) is 5.14. The lowest BCUT2D eigenvalue weighted by Crippen LogP contribution is -2.16. The van der Waals surface area contributed by atoms with Crippen molar-refractivity contribution in [3.8, 4) is 17.1 Å². The maximum Gasteiger partial charge on any atom is 0.256 e. The molecule has 1 aliphatic heterocycles. The molecular formula is C25H19N3O2. The number of aromatic amines is 1. The van der Waals surface area contributed by atoms with Crippen molar-refractivity contribution >= 4 is 22.5 Å². The monoisotopic (exact) mass is 393 g/mol. The highest BCUT2D eigenvalue weighted by Gasteiger charge is 2.19. The van der Waals surface area contributed by atoms with Gasteiger partial charge in [0.05, 0.1) is 17.1 Å². The molecule has 0 radical (unpaired) electrons. The van der Waals surface area contributed by atoms with Crippen molar-refractivity contribution in [1.82, 2.24) is 9.97 Å². The molecule has 0 atom stereocenters. The minimum atomic E-state index is -0.209. The van der Waals surface area contributed by atoms with Crippen molar-refractivity contribution in [2.24, 2.45) is 0 Å². The number of rotatable bonds is 4. The molecule has 0 unspecified atom stereocenters. The summed E-state index contributed by atoms with van der Waals surface area (Å²) in [6.07, 6.45) is 0.596. The second kappa shape index (κ2) is 7.37. The number of amides is 1. The van der Waals surface area contributed by atoms with E-state index in [9.17, 15) is 9.90 Å². The minimum Gasteiger partial charge on any atom is -0.508 e. The number of anilines is 1. The van der Waals surface area contributed by atoms with Crippen molar-refractivity contribution in [3.63, 3.8) is 0 Å². The van der Waals surface area contributed by atoms with E-state index in [4.69, 9.17) is 4.98 Å². The van der Waals surface area contributed by atoms with E-state index in [2.05, 4.69) is 10.3 Å². The average molecular weight is 393 g/mol. The summed E-state index contributed by atoms with van der Waals surface area (Å²) in [5.74, 6) is 0.499. The van der Waals surface area contributed by atoms with Crippen molar-refractivity contribution in [3.05, 3.63) is 102 Å². The van der Waals surface area contributed by atoms with E-state index >= 15 is 0 Å². The van der Waals surface area contributed by atoms with Crippen LogP contribution in [0.3, 0.4) is 0 Å². The molecule has 1 aliphatic carbocycles. The number of benzene rings is 3. The molecule has 0 saturated heterocycles. The van der Waals surface area contributed by atoms with E-state index in [1.54, 1.807) is 24.3 Å². The minimum absolute atomic E-state index is 0.208. The fourth-order valence-electron chi connectivity index (χ4n) is 3.67. The van der Waals surface area contributed by atoms with E-state index in [1.165, 1.54) is 0 Å². The number of nitrogens with one attached hydrogen (secondary N) is 2. The Morgan fingerprint density at radius 1 is 0.933 bits per heavy atom. The van der Waals surface area contributed by atoms with Crippen LogP contribution in [0, 0.1) is 0 Å². The van der Waals surface area contributed by atoms with E-state index < -0.39 is 0 Å². The number of aromatic hydroxyl groups is 1. The molecule has 2 aliphatic rings. The Morgan fingerprint density at radius 3 is 2.43 bits per heavy atom. The van der Waals surface area contributed by atoms with Crippen LogP contribution in [-0.4, -0.2) is 21.0 Å². The number of phenols is 1. The number of carbonyl (C=O) groups is 1. The van der Waals surface area contributed by atoms with Gasteiger partial charge in [0.15, 0.2) is 5.82 Å². The van der Waals surface area contributed by atoms with Crippen LogP contribution in [0.25, 0.3) is 22.2 Å². The summed E-state index contributed by atoms with van der Waals surface area (Å²) >= 11 is 0. The number of carbonyl (C=O) groups excluding carboxylic acids is 1. The first kappa shape index (κ1) is 17.9. The summed E-state index contributed by atoms with van der Waals surface area (Å²) in [5, 5.41) is 14.7. The summed E-state index contributed by atoms with van der Waals surface area (Å²) in [7, 11) is 0. The normalized spacial score (nSPS) is 11.1. The lowest BCUT2D eigenvalue weighted by Gasteiger charge is -2.14. The summed E-state index contributed by atoms with van der Waals surface area (Å²) < 4.78 is 0. The SMILES string of the molecule is O=C(Nc1nc2cc3cc(O)ccc3c-2[nH]c1Cc1ccccc1)c1ccccc1. The number of phenolic OH excluding ortho intramolecular Hbond substituents is 1. The second-order valence-corrected chi connectivity index (χ2v) is 7.22. The summed E-state index contributed by atoms with van der Waals surface area (Å²) in [5.41, 5.74) is 4.12. The molecule has 5 heteroatoms. The number of hydrogen-bond donors (Lipinski definition) is 3. The van der Waals surface area contributed by atoms with E-state index in [0.717, 1.165) is 33.4 Å². The van der Waals surface area contributed by atoms with Crippen molar-refractivity contribution in [1.29, 1.82) is 0 Å². The molecule has 0 spiro atoms. The van der Waals surface area contributed by atoms with Crippen molar-refractivity contribution in [2.45, 2.75) is 6.42 Å². The van der Waals surface area contributed by atoms with Gasteiger partial charge in [0.1, 0.15) is 5.75 Å². The van der Waals surface area contributed by atoms with E-state index in [-0.39, 0.29) is 11.7 Å². The lowest BCUT2D eigenvalue weighted by molar-refractivity contribution is 0.102. The van der Waals surface area contributed by atoms with Gasteiger partial charge in [-0.25, -0.2) is 4.98 Å². The van der Waals surface area contributed by atoms with Gasteiger partial charge in [-0.2, -0.15) is 0 Å². The summed E-state index contributed by atoms with van der Waals surface area (Å²) in [6.45, 7) is 0. The number of aromatic nitrogens is 2. The topological polar surface area (TPSA) is 78.0 Å². The zero-order valence-corrected chi connectivity index (χ0v) is 16.1. The molecule has 0 fully saturated rings. The van der Waals surface area contributed by atoms with Gasteiger partial charge < -0.3 is 15.4 Å². The summed E-state index contributed by atoms with van der Waals surface area (Å²) in [6, 6.07) is 26.3. The zero-order valence-electron chi connectivity index (χ0n) is 16.1. The zero-order chi connectivity index (χ0) is 20.5. The summed E-state index contributed by atoms with van der Waals surface area (Å²) in [4.78, 5) is 21.0. The smallest absolute Gasteiger partial charge is 0.256 e. The van der Waals surface area contributed by atoms with Gasteiger partial charge in [0, 0.05) is 17.4 Å². The molecule has 3 N–H and O–H groups in total. The van der Waals surface area contributed by atoms with Crippen LogP contribution in [0.4, 0.5) is 5.82 Å². The van der Waals surface area contributed by atoms with Gasteiger partial charge in [0.2, 0.25) is 0 Å². The van der Waals surface area contributed by atoms with Crippen LogP contribution >= 0.6 is 0 Å². The molecule has 30 heavy (non-hydrogen) atoms. The molecule has 0 aromatic heterocycles. The van der Waals surface area contributed by atoms with E-state index in [0.29, 0.717) is 17.8 Å². The van der Waals surface area contributed by atoms with Gasteiger partial charge in [-0.15, -0.1) is 0 Å². The Hall–Kier alpha value is -4.12. The van der Waals surface area contributed by atoms with Gasteiger partial charge in [0.25, 0.3) is 5.91 Å². The molecular weight excluding hydrogens is 374 g/mol. The Morgan fingerprint density at radius 2 is 1.67 bits per heavy atom. The van der Waals surface area contributed by atoms with Crippen molar-refractivity contribution < 1.29 is 9.90 Å². The number of nitrogens with zero attached hydrogens (tertiary/aromatic N) is 1. The number of fused-ring (bicyclic) bond motifs is 3. The first-order valence-electron chi connectivity index (χ1n) is 9.72. The Bertz CT molecular complexity index is 1310. The Kier molecular flexibility index (Phi) is 4.41. The maximum absolute atomic E-state index is 12.8. The maximum atomic E-state index is 12.8. The quantitative estimate of drug-likeness (QED) is 0.392. The third-order valence-electron chi connectivity index (χ3n) is 5.14. The number of hydrogen-bond acceptors (Lipinski definition) is 3. The van der Waals surface area contributed by atoms with Crippen LogP contribution in [-0.2, 0) is 6.42 Å². The Labute approximate surface area is 173 Å². The van der Waals surface area contributed by atoms with Crippen LogP contribution in [0.5, 0.6) is 5.75 Å². The van der Waals surface area contributed by atoms with Crippen LogP contribution in [0.1, 0.15) is 21.6 Å². The molecule has 1 amide bonds. The average Bonchev–Trinajstić information content (AvgIpc) is 3.11. The highest BCUT2D eigenvalue weighted by molar-refractivity contribution is 6.05. The molecule has 3 aromatic rings. The fraction of sp³-hybridized carbons (Fsp3) is 0.0400. The molecule has 0 bridgehead atoms. The highest BCUT2D eigenvalue weighted by Crippen LogP contribution is 2.35. The molecule has 3 aromatic carbocycles. The predicted octanol–water partition coefficient (Wildman–Crippen LogP) is 5.22. The van der Waals surface area contributed by atoms with Gasteiger partial charge in [-0.1, -0.05) is 48.5 Å². The third kappa shape index (κ3) is 3.37. The molecule has 5 nitrogen and oxygen atoms in total. The van der Waals surface area contributed by atoms with Gasteiger partial charge in [-0.3, -0.25) is 4.79 Å². The van der Waals surface area contributed by atoms with Gasteiger partial charge in [-0.05, 0) is 47.3 Å². The fourth-order valence-corrected chi connectivity index (χ4v) is 3.67. The van der Waals surface area contributed by atoms with Gasteiger partial charge >= 0.3 is 0 Å². The standard InChI is InChI=1S/C25H19N3O2/c29-19-11-12-20-18(14-19)15-21-23(20)26-22(13-16-7-3-1-4-8-16)24(27-21)28-25(30)17-9-5-2-6-10-17/h1-12,14-15,26,29H,13H2,(H,28,30). The number of H-pyrrole nitrogens is 1. The largest absolute Gasteiger partial charge is 0.508 e. The predicted molar refractivity (Wildman–Crippen MR) is 118 cm³/mol. The highest BCUT2D eigenvalue weighted by atomic mass is 16.3. The first-order chi connectivity index (χ1) is 14.7.